The fourth-order valence-electron chi connectivity index (χ4n) is 1.24. The second kappa shape index (κ2) is 24.1. The minimum absolute atomic E-state index is 0. The van der Waals surface area contributed by atoms with Crippen molar-refractivity contribution in [1.29, 1.82) is 0 Å². The van der Waals surface area contributed by atoms with Crippen LogP contribution in [0.5, 0.6) is 0 Å². The van der Waals surface area contributed by atoms with Crippen molar-refractivity contribution in [3.05, 3.63) is 0 Å². The Morgan fingerprint density at radius 2 is 0.656 bits per heavy atom. The third-order valence-corrected chi connectivity index (χ3v) is 2.70. The minimum Gasteiger partial charge on any atom is -0.550 e. The molecule has 0 heterocycles. The van der Waals surface area contributed by atoms with Gasteiger partial charge in [-0.05, 0) is 0 Å². The second-order valence-corrected chi connectivity index (χ2v) is 4.86. The van der Waals surface area contributed by atoms with E-state index in [1.54, 1.807) is 0 Å². The van der Waals surface area contributed by atoms with Crippen molar-refractivity contribution in [3.63, 3.8) is 0 Å². The largest absolute Gasteiger partial charge is 3.00 e. The van der Waals surface area contributed by atoms with Gasteiger partial charge in [-0.15, -0.1) is 0 Å². The number of carboxylic acid groups (broad SMARTS) is 6. The molecule has 15 nitrogen and oxygen atoms in total. The van der Waals surface area contributed by atoms with Crippen molar-refractivity contribution in [2.24, 2.45) is 0 Å². The maximum atomic E-state index is 9.94. The fraction of sp³-hybridized carbons (Fsp3) is 0.600. The molecule has 32 heavy (non-hydrogen) atoms. The van der Waals surface area contributed by atoms with Gasteiger partial charge >= 0.3 is 52.4 Å². The van der Waals surface area contributed by atoms with Gasteiger partial charge in [0.05, 0.1) is 17.9 Å². The number of ether oxygens (including phenoxy) is 3. The summed E-state index contributed by atoms with van der Waals surface area (Å²) < 4.78 is 12.7. The molecule has 0 spiro atoms. The van der Waals surface area contributed by atoms with E-state index in [0.29, 0.717) is 0 Å². The number of aliphatic carboxylic acids is 6. The van der Waals surface area contributed by atoms with Gasteiger partial charge in [0.25, 0.3) is 0 Å². The first kappa shape index (κ1) is 40.8. The Balaban J connectivity index is -0.000000110. The van der Waals surface area contributed by atoms with Crippen LogP contribution < -0.4 is 30.6 Å². The molecule has 0 fully saturated rings. The van der Waals surface area contributed by atoms with Gasteiger partial charge in [-0.25, -0.2) is 0 Å². The number of hydrogen-bond acceptors (Lipinski definition) is 15. The van der Waals surface area contributed by atoms with E-state index in [4.69, 9.17) is 0 Å². The number of carboxylic acids is 6. The number of methoxy groups -OCH3 is 3. The van der Waals surface area contributed by atoms with Crippen LogP contribution in [0.3, 0.4) is 0 Å². The van der Waals surface area contributed by atoms with Crippen LogP contribution in [-0.4, -0.2) is 128 Å². The summed E-state index contributed by atoms with van der Waals surface area (Å²) in [5, 5.41) is 59.2. The van der Waals surface area contributed by atoms with Gasteiger partial charge in [0.2, 0.25) is 0 Å². The van der Waals surface area contributed by atoms with E-state index < -0.39 is 73.4 Å². The maximum absolute atomic E-state index is 9.94. The van der Waals surface area contributed by atoms with Crippen LogP contribution in [0.25, 0.3) is 0 Å². The molecule has 0 N–H and O–H groups in total. The summed E-state index contributed by atoms with van der Waals surface area (Å²) in [5.41, 5.74) is 0. The predicted octanol–water partition coefficient (Wildman–Crippen LogP) is -10.1. The van der Waals surface area contributed by atoms with Crippen LogP contribution in [0.4, 0.5) is 0 Å². The number of hydrogen-bond donors (Lipinski definition) is 0. The Labute approximate surface area is 219 Å². The number of carbonyl (C=O) groups is 6. The SMILES string of the molecule is COC(CC(=O)[O-])C(=O)[O-].COC(CC(=O)[O-])C(=O)[O-].COC(CC(=O)[O-])C(=O)[O-].[Bi+3].[Bi+3]. The molecule has 0 aliphatic rings. The van der Waals surface area contributed by atoms with Crippen LogP contribution >= 0.6 is 0 Å². The molecule has 0 bridgehead atoms. The van der Waals surface area contributed by atoms with Crippen molar-refractivity contribution < 1.29 is 73.6 Å². The van der Waals surface area contributed by atoms with Crippen LogP contribution in [0, 0.1) is 0 Å². The van der Waals surface area contributed by atoms with Gasteiger partial charge in [-0.1, -0.05) is 0 Å². The molecule has 0 aliphatic heterocycles. The molecule has 0 saturated heterocycles. The van der Waals surface area contributed by atoms with Crippen LogP contribution in [-0.2, 0) is 43.0 Å². The van der Waals surface area contributed by atoms with Crippen molar-refractivity contribution in [2.45, 2.75) is 37.6 Å². The Morgan fingerprint density at radius 1 is 0.500 bits per heavy atom. The van der Waals surface area contributed by atoms with Crippen LogP contribution in [0.2, 0.25) is 0 Å². The topological polar surface area (TPSA) is 268 Å². The molecule has 0 saturated carbocycles. The average molecular weight is 856 g/mol. The Kier molecular flexibility index (Phi) is 30.7. The molecule has 0 aromatic carbocycles. The Morgan fingerprint density at radius 3 is 0.688 bits per heavy atom. The smallest absolute Gasteiger partial charge is 0.550 e. The monoisotopic (exact) mass is 856 g/mol. The summed E-state index contributed by atoms with van der Waals surface area (Å²) in [6.07, 6.45) is -6.28. The minimum atomic E-state index is -1.55. The molecule has 178 valence electrons. The zero-order chi connectivity index (χ0) is 24.4. The average Bonchev–Trinajstić information content (AvgIpc) is 2.61. The molecule has 0 amide bonds. The first-order chi connectivity index (χ1) is 13.7. The van der Waals surface area contributed by atoms with Crippen molar-refractivity contribution in [1.82, 2.24) is 0 Å². The third kappa shape index (κ3) is 26.5. The van der Waals surface area contributed by atoms with E-state index >= 15 is 0 Å². The molecule has 17 heteroatoms. The van der Waals surface area contributed by atoms with Gasteiger partial charge in [0.1, 0.15) is 18.3 Å². The third-order valence-electron chi connectivity index (χ3n) is 2.70. The van der Waals surface area contributed by atoms with E-state index in [1.165, 1.54) is 0 Å². The van der Waals surface area contributed by atoms with Gasteiger partial charge < -0.3 is 73.6 Å². The van der Waals surface area contributed by atoms with Crippen molar-refractivity contribution >= 4 is 88.2 Å². The van der Waals surface area contributed by atoms with Crippen LogP contribution in [0.1, 0.15) is 19.3 Å². The fourth-order valence-corrected chi connectivity index (χ4v) is 1.24. The maximum Gasteiger partial charge on any atom is 3.00 e. The first-order valence-corrected chi connectivity index (χ1v) is 7.53. The molecule has 0 aromatic heterocycles. The van der Waals surface area contributed by atoms with E-state index in [1.807, 2.05) is 0 Å². The summed E-state index contributed by atoms with van der Waals surface area (Å²) in [6.45, 7) is 0. The van der Waals surface area contributed by atoms with E-state index in [2.05, 4.69) is 14.2 Å². The standard InChI is InChI=1S/3C5H8O5.2Bi/c3*1-10-3(5(8)9)2-4(6)7;;/h3*3H,2H2,1H3,(H,6,7)(H,8,9);;/q;;;2*+3/p-6. The van der Waals surface area contributed by atoms with E-state index in [-0.39, 0.29) is 52.4 Å². The predicted molar refractivity (Wildman–Crippen MR) is 87.8 cm³/mol. The molecular formula is C15H18Bi2O15. The number of rotatable bonds is 12. The summed E-state index contributed by atoms with van der Waals surface area (Å²) in [7, 11) is 3.26. The Bertz CT molecular complexity index is 515. The summed E-state index contributed by atoms with van der Waals surface area (Å²) in [6, 6.07) is 0. The normalized spacial score (nSPS) is 11.7. The van der Waals surface area contributed by atoms with Crippen molar-refractivity contribution in [2.75, 3.05) is 21.3 Å². The first-order valence-electron chi connectivity index (χ1n) is 7.53. The molecule has 4 radical (unpaired) electrons. The van der Waals surface area contributed by atoms with Gasteiger partial charge in [-0.2, -0.15) is 0 Å². The summed E-state index contributed by atoms with van der Waals surface area (Å²) in [5.74, 6) is -9.08. The van der Waals surface area contributed by atoms with Crippen LogP contribution in [0.15, 0.2) is 0 Å². The molecule has 0 rings (SSSR count). The quantitative estimate of drug-likeness (QED) is 0.165. The number of carbonyl (C=O) groups excluding carboxylic acids is 6. The van der Waals surface area contributed by atoms with Gasteiger partial charge in [0.15, 0.2) is 0 Å². The van der Waals surface area contributed by atoms with E-state index in [9.17, 15) is 59.4 Å². The molecule has 3 unspecified atom stereocenters. The molecular weight excluding hydrogens is 838 g/mol. The van der Waals surface area contributed by atoms with Crippen molar-refractivity contribution in [3.8, 4) is 0 Å². The zero-order valence-electron chi connectivity index (χ0n) is 16.9. The second-order valence-electron chi connectivity index (χ2n) is 4.86. The van der Waals surface area contributed by atoms with Gasteiger partial charge in [0, 0.05) is 58.5 Å². The zero-order valence-corrected chi connectivity index (χ0v) is 23.8. The summed E-state index contributed by atoms with van der Waals surface area (Å²) in [4.78, 5) is 59.2. The Hall–Kier alpha value is -1.53. The molecule has 0 aromatic rings. The molecule has 0 aliphatic carbocycles. The molecule has 3 atom stereocenters. The van der Waals surface area contributed by atoms with Gasteiger partial charge in [-0.3, -0.25) is 0 Å². The van der Waals surface area contributed by atoms with E-state index in [0.717, 1.165) is 21.3 Å². The summed E-state index contributed by atoms with van der Waals surface area (Å²) >= 11 is 0.